The van der Waals surface area contributed by atoms with E-state index in [9.17, 15) is 18.8 Å². The fourth-order valence-corrected chi connectivity index (χ4v) is 6.48. The number of fused-ring (bicyclic) bond motifs is 3. The Hall–Kier alpha value is -4.07. The van der Waals surface area contributed by atoms with Gasteiger partial charge in [0.25, 0.3) is 0 Å². The molecule has 0 saturated carbocycles. The predicted molar refractivity (Wildman–Crippen MR) is 146 cm³/mol. The number of hydrogen-bond donors (Lipinski definition) is 2. The molecule has 1 spiro atoms. The molecule has 3 heterocycles. The summed E-state index contributed by atoms with van der Waals surface area (Å²) in [6.45, 7) is 5.35. The van der Waals surface area contributed by atoms with Crippen LogP contribution in [-0.2, 0) is 32.6 Å². The Morgan fingerprint density at radius 2 is 1.92 bits per heavy atom. The predicted octanol–water partition coefficient (Wildman–Crippen LogP) is 4.85. The number of benzene rings is 2. The van der Waals surface area contributed by atoms with Crippen LogP contribution in [0, 0.1) is 18.2 Å². The van der Waals surface area contributed by atoms with Crippen LogP contribution in [-0.4, -0.2) is 34.2 Å². The standard InChI is InChI=1S/C31H31FN4O3/c1-18-22(6-4-8-24(18)32)25-11-12-30(2,3)29(39)36(25)17-26(37)34-21-10-9-19-15-31(16-20(19)14-21)23-7-5-13-33-27(23)35-28(31)38/h4-10,13-14,25H,11-12,15-17H2,1-3H3,(H,34,37)(H,33,35,38). The molecule has 6 rings (SSSR count). The summed E-state index contributed by atoms with van der Waals surface area (Å²) in [5, 5.41) is 5.87. The average Bonchev–Trinajstić information content (AvgIpc) is 3.41. The van der Waals surface area contributed by atoms with Gasteiger partial charge in [0.05, 0.1) is 11.5 Å². The smallest absolute Gasteiger partial charge is 0.244 e. The lowest BCUT2D eigenvalue weighted by Crippen LogP contribution is -2.50. The fourth-order valence-electron chi connectivity index (χ4n) is 6.48. The number of hydrogen-bond acceptors (Lipinski definition) is 4. The highest BCUT2D eigenvalue weighted by Gasteiger charge is 2.51. The Balaban J connectivity index is 1.22. The van der Waals surface area contributed by atoms with Crippen LogP contribution < -0.4 is 10.6 Å². The summed E-state index contributed by atoms with van der Waals surface area (Å²) in [6.07, 6.45) is 4.07. The van der Waals surface area contributed by atoms with Crippen molar-refractivity contribution in [2.75, 3.05) is 17.2 Å². The summed E-state index contributed by atoms with van der Waals surface area (Å²) < 4.78 is 14.4. The average molecular weight is 527 g/mol. The highest BCUT2D eigenvalue weighted by Crippen LogP contribution is 2.47. The van der Waals surface area contributed by atoms with Crippen molar-refractivity contribution in [3.8, 4) is 0 Å². The number of halogens is 1. The SMILES string of the molecule is Cc1c(F)cccc1C1CCC(C)(C)C(=O)N1CC(=O)Nc1ccc2c(c1)CC1(C2)C(=O)Nc2ncccc21. The van der Waals surface area contributed by atoms with Gasteiger partial charge in [-0.05, 0) is 79.1 Å². The van der Waals surface area contributed by atoms with Crippen LogP contribution >= 0.6 is 0 Å². The molecule has 1 aliphatic carbocycles. The van der Waals surface area contributed by atoms with Crippen LogP contribution in [0.25, 0.3) is 0 Å². The number of carbonyl (C=O) groups excluding carboxylic acids is 3. The lowest BCUT2D eigenvalue weighted by molar-refractivity contribution is -0.150. The van der Waals surface area contributed by atoms with E-state index in [2.05, 4.69) is 15.6 Å². The minimum absolute atomic E-state index is 0.0529. The molecule has 2 aliphatic heterocycles. The molecule has 39 heavy (non-hydrogen) atoms. The van der Waals surface area contributed by atoms with Gasteiger partial charge in [0.2, 0.25) is 17.7 Å². The molecule has 3 aromatic rings. The second kappa shape index (κ2) is 9.00. The monoisotopic (exact) mass is 526 g/mol. The lowest BCUT2D eigenvalue weighted by atomic mass is 9.78. The maximum absolute atomic E-state index is 14.4. The summed E-state index contributed by atoms with van der Waals surface area (Å²) in [5.74, 6) is -0.197. The molecule has 1 saturated heterocycles. The third kappa shape index (κ3) is 4.09. The molecule has 0 radical (unpaired) electrons. The van der Waals surface area contributed by atoms with E-state index in [1.54, 1.807) is 24.1 Å². The zero-order valence-electron chi connectivity index (χ0n) is 22.3. The van der Waals surface area contributed by atoms with Gasteiger partial charge in [-0.15, -0.1) is 0 Å². The van der Waals surface area contributed by atoms with E-state index >= 15 is 0 Å². The third-order valence-electron chi connectivity index (χ3n) is 8.71. The number of nitrogens with one attached hydrogen (secondary N) is 2. The molecule has 2 atom stereocenters. The molecule has 2 aromatic carbocycles. The summed E-state index contributed by atoms with van der Waals surface area (Å²) >= 11 is 0. The topological polar surface area (TPSA) is 91.4 Å². The maximum atomic E-state index is 14.4. The van der Waals surface area contributed by atoms with Gasteiger partial charge in [-0.1, -0.05) is 38.1 Å². The second-order valence-electron chi connectivity index (χ2n) is 11.6. The van der Waals surface area contributed by atoms with Crippen LogP contribution in [0.15, 0.2) is 54.7 Å². The first kappa shape index (κ1) is 25.2. The number of nitrogens with zero attached hydrogens (tertiary/aromatic N) is 2. The molecule has 2 N–H and O–H groups in total. The first-order valence-corrected chi connectivity index (χ1v) is 13.3. The zero-order chi connectivity index (χ0) is 27.5. The van der Waals surface area contributed by atoms with Gasteiger partial charge >= 0.3 is 0 Å². The number of piperidine rings is 1. The van der Waals surface area contributed by atoms with Crippen LogP contribution in [0.5, 0.6) is 0 Å². The van der Waals surface area contributed by atoms with E-state index in [0.717, 1.165) is 22.3 Å². The van der Waals surface area contributed by atoms with Gasteiger partial charge in [-0.3, -0.25) is 14.4 Å². The Morgan fingerprint density at radius 1 is 1.13 bits per heavy atom. The number of carbonyl (C=O) groups is 3. The van der Waals surface area contributed by atoms with Crippen LogP contribution in [0.2, 0.25) is 0 Å². The van der Waals surface area contributed by atoms with E-state index in [0.29, 0.717) is 42.8 Å². The van der Waals surface area contributed by atoms with Crippen molar-refractivity contribution in [3.05, 3.63) is 88.4 Å². The fraction of sp³-hybridized carbons (Fsp3) is 0.355. The Morgan fingerprint density at radius 3 is 2.74 bits per heavy atom. The van der Waals surface area contributed by atoms with Gasteiger partial charge in [-0.2, -0.15) is 0 Å². The van der Waals surface area contributed by atoms with Gasteiger partial charge in [0, 0.05) is 22.9 Å². The molecule has 3 aliphatic rings. The van der Waals surface area contributed by atoms with E-state index < -0.39 is 10.8 Å². The number of likely N-dealkylation sites (tertiary alicyclic amines) is 1. The first-order valence-electron chi connectivity index (χ1n) is 13.3. The van der Waals surface area contributed by atoms with Crippen molar-refractivity contribution in [2.45, 2.75) is 57.9 Å². The lowest BCUT2D eigenvalue weighted by Gasteiger charge is -2.43. The van der Waals surface area contributed by atoms with E-state index in [4.69, 9.17) is 0 Å². The number of anilines is 2. The van der Waals surface area contributed by atoms with E-state index in [-0.39, 0.29) is 36.1 Å². The number of pyridine rings is 1. The molecule has 2 unspecified atom stereocenters. The number of amides is 3. The normalized spacial score (nSPS) is 23.0. The molecule has 1 aromatic heterocycles. The van der Waals surface area contributed by atoms with Crippen LogP contribution in [0.1, 0.15) is 60.5 Å². The van der Waals surface area contributed by atoms with Crippen molar-refractivity contribution in [1.29, 1.82) is 0 Å². The first-order chi connectivity index (χ1) is 18.6. The van der Waals surface area contributed by atoms with Gasteiger partial charge in [0.1, 0.15) is 18.2 Å². The van der Waals surface area contributed by atoms with Crippen molar-refractivity contribution in [3.63, 3.8) is 0 Å². The van der Waals surface area contributed by atoms with Crippen molar-refractivity contribution in [2.24, 2.45) is 5.41 Å². The highest BCUT2D eigenvalue weighted by atomic mass is 19.1. The summed E-state index contributed by atoms with van der Waals surface area (Å²) in [5.41, 5.74) is 3.53. The zero-order valence-corrected chi connectivity index (χ0v) is 22.3. The minimum Gasteiger partial charge on any atom is -0.326 e. The molecule has 0 bridgehead atoms. The molecular weight excluding hydrogens is 495 g/mol. The van der Waals surface area contributed by atoms with Crippen molar-refractivity contribution in [1.82, 2.24) is 9.88 Å². The Bertz CT molecular complexity index is 1530. The summed E-state index contributed by atoms with van der Waals surface area (Å²) in [6, 6.07) is 14.0. The molecular formula is C31H31FN4O3. The largest absolute Gasteiger partial charge is 0.326 e. The maximum Gasteiger partial charge on any atom is 0.244 e. The molecule has 8 heteroatoms. The third-order valence-corrected chi connectivity index (χ3v) is 8.71. The van der Waals surface area contributed by atoms with Gasteiger partial charge in [0.15, 0.2) is 0 Å². The second-order valence-corrected chi connectivity index (χ2v) is 11.6. The van der Waals surface area contributed by atoms with E-state index in [1.165, 1.54) is 6.07 Å². The summed E-state index contributed by atoms with van der Waals surface area (Å²) in [4.78, 5) is 45.6. The van der Waals surface area contributed by atoms with Gasteiger partial charge < -0.3 is 15.5 Å². The highest BCUT2D eigenvalue weighted by molar-refractivity contribution is 6.06. The van der Waals surface area contributed by atoms with Crippen LogP contribution in [0.4, 0.5) is 15.9 Å². The van der Waals surface area contributed by atoms with Crippen molar-refractivity contribution < 1.29 is 18.8 Å². The number of aromatic nitrogens is 1. The molecule has 3 amide bonds. The van der Waals surface area contributed by atoms with E-state index in [1.807, 2.05) is 50.2 Å². The van der Waals surface area contributed by atoms with Gasteiger partial charge in [-0.25, -0.2) is 9.37 Å². The Kier molecular flexibility index (Phi) is 5.82. The van der Waals surface area contributed by atoms with Crippen LogP contribution in [0.3, 0.4) is 0 Å². The number of rotatable bonds is 4. The molecule has 7 nitrogen and oxygen atoms in total. The minimum atomic E-state index is -0.684. The van der Waals surface area contributed by atoms with Crippen molar-refractivity contribution >= 4 is 29.2 Å². The molecule has 200 valence electrons. The summed E-state index contributed by atoms with van der Waals surface area (Å²) in [7, 11) is 0. The molecule has 1 fully saturated rings. The quantitative estimate of drug-likeness (QED) is 0.509. The Labute approximate surface area is 226 Å².